The van der Waals surface area contributed by atoms with Crippen molar-refractivity contribution in [1.29, 1.82) is 0 Å². The summed E-state index contributed by atoms with van der Waals surface area (Å²) in [7, 11) is 0. The predicted octanol–water partition coefficient (Wildman–Crippen LogP) is 2.13. The summed E-state index contributed by atoms with van der Waals surface area (Å²) in [6.45, 7) is 1.94. The van der Waals surface area contributed by atoms with Gasteiger partial charge in [-0.05, 0) is 24.6 Å². The first kappa shape index (κ1) is 12.9. The first-order valence-corrected chi connectivity index (χ1v) is 6.53. The van der Waals surface area contributed by atoms with Crippen LogP contribution in [0, 0.1) is 0 Å². The minimum Gasteiger partial charge on any atom is -0.482 e. The second-order valence-corrected chi connectivity index (χ2v) is 5.02. The van der Waals surface area contributed by atoms with Crippen LogP contribution in [0.25, 0.3) is 0 Å². The molecule has 2 amide bonds. The van der Waals surface area contributed by atoms with Crippen LogP contribution in [0.15, 0.2) is 18.2 Å². The summed E-state index contributed by atoms with van der Waals surface area (Å²) in [5.74, 6) is 0.303. The highest BCUT2D eigenvalue weighted by Gasteiger charge is 2.17. The van der Waals surface area contributed by atoms with Crippen molar-refractivity contribution >= 4 is 39.1 Å². The van der Waals surface area contributed by atoms with E-state index < -0.39 is 0 Å². The number of nitrogens with one attached hydrogen (secondary N) is 2. The SMILES string of the molecule is CCC(Br)C(=O)Nc1ccc2c(c1)NC(=O)CO2. The summed E-state index contributed by atoms with van der Waals surface area (Å²) >= 11 is 3.28. The van der Waals surface area contributed by atoms with Crippen molar-refractivity contribution in [3.8, 4) is 5.75 Å². The van der Waals surface area contributed by atoms with Crippen molar-refractivity contribution in [2.75, 3.05) is 17.2 Å². The average molecular weight is 313 g/mol. The lowest BCUT2D eigenvalue weighted by Crippen LogP contribution is -2.26. The number of carbonyl (C=O) groups excluding carboxylic acids is 2. The van der Waals surface area contributed by atoms with Gasteiger partial charge < -0.3 is 15.4 Å². The molecule has 1 atom stereocenters. The van der Waals surface area contributed by atoms with Crippen LogP contribution in [0.2, 0.25) is 0 Å². The van der Waals surface area contributed by atoms with E-state index in [9.17, 15) is 9.59 Å². The van der Waals surface area contributed by atoms with Crippen molar-refractivity contribution in [3.05, 3.63) is 18.2 Å². The van der Waals surface area contributed by atoms with Crippen LogP contribution in [-0.4, -0.2) is 23.2 Å². The standard InChI is InChI=1S/C12H13BrN2O3/c1-2-8(13)12(17)14-7-3-4-10-9(5-7)15-11(16)6-18-10/h3-5,8H,2,6H2,1H3,(H,14,17)(H,15,16). The predicted molar refractivity (Wildman–Crippen MR) is 72.2 cm³/mol. The molecule has 0 radical (unpaired) electrons. The maximum atomic E-state index is 11.7. The van der Waals surface area contributed by atoms with Gasteiger partial charge >= 0.3 is 0 Å². The number of hydrogen-bond acceptors (Lipinski definition) is 3. The fourth-order valence-corrected chi connectivity index (χ4v) is 1.68. The van der Waals surface area contributed by atoms with Gasteiger partial charge in [-0.15, -0.1) is 0 Å². The molecule has 1 aliphatic rings. The second kappa shape index (κ2) is 5.39. The Morgan fingerprint density at radius 2 is 2.39 bits per heavy atom. The Bertz CT molecular complexity index is 490. The number of halogens is 1. The molecule has 96 valence electrons. The largest absolute Gasteiger partial charge is 0.482 e. The lowest BCUT2D eigenvalue weighted by atomic mass is 10.2. The van der Waals surface area contributed by atoms with E-state index in [4.69, 9.17) is 4.74 Å². The molecule has 0 saturated heterocycles. The Hall–Kier alpha value is -1.56. The van der Waals surface area contributed by atoms with E-state index in [-0.39, 0.29) is 23.2 Å². The molecule has 1 aromatic carbocycles. The van der Waals surface area contributed by atoms with E-state index in [0.717, 1.165) is 0 Å². The van der Waals surface area contributed by atoms with Gasteiger partial charge in [-0.3, -0.25) is 9.59 Å². The zero-order valence-electron chi connectivity index (χ0n) is 9.83. The number of carbonyl (C=O) groups is 2. The molecule has 6 heteroatoms. The first-order valence-electron chi connectivity index (χ1n) is 5.61. The molecule has 18 heavy (non-hydrogen) atoms. The number of anilines is 2. The van der Waals surface area contributed by atoms with E-state index in [1.54, 1.807) is 18.2 Å². The molecule has 1 aliphatic heterocycles. The van der Waals surface area contributed by atoms with Crippen molar-refractivity contribution in [3.63, 3.8) is 0 Å². The highest BCUT2D eigenvalue weighted by molar-refractivity contribution is 9.10. The van der Waals surface area contributed by atoms with Gasteiger partial charge in [0.2, 0.25) is 5.91 Å². The fourth-order valence-electron chi connectivity index (χ4n) is 1.57. The molecule has 1 aromatic rings. The number of ether oxygens (including phenoxy) is 1. The minimum absolute atomic E-state index is 0.0258. The Balaban J connectivity index is 2.13. The lowest BCUT2D eigenvalue weighted by molar-refractivity contribution is -0.118. The summed E-state index contributed by atoms with van der Waals surface area (Å²) < 4.78 is 5.23. The van der Waals surface area contributed by atoms with Crippen molar-refractivity contribution in [1.82, 2.24) is 0 Å². The number of benzene rings is 1. The molecular formula is C12H13BrN2O3. The Kier molecular flexibility index (Phi) is 3.86. The number of rotatable bonds is 3. The maximum Gasteiger partial charge on any atom is 0.262 e. The van der Waals surface area contributed by atoms with E-state index >= 15 is 0 Å². The second-order valence-electron chi connectivity index (χ2n) is 3.91. The van der Waals surface area contributed by atoms with Gasteiger partial charge in [-0.1, -0.05) is 22.9 Å². The van der Waals surface area contributed by atoms with Crippen molar-refractivity contribution in [2.45, 2.75) is 18.2 Å². The summed E-state index contributed by atoms with van der Waals surface area (Å²) in [6.07, 6.45) is 0.705. The molecule has 1 unspecified atom stereocenters. The quantitative estimate of drug-likeness (QED) is 0.840. The zero-order chi connectivity index (χ0) is 13.1. The maximum absolute atomic E-state index is 11.7. The molecular weight excluding hydrogens is 300 g/mol. The van der Waals surface area contributed by atoms with Crippen LogP contribution in [0.4, 0.5) is 11.4 Å². The van der Waals surface area contributed by atoms with Crippen LogP contribution < -0.4 is 15.4 Å². The molecule has 0 saturated carbocycles. The number of hydrogen-bond donors (Lipinski definition) is 2. The molecule has 0 fully saturated rings. The van der Waals surface area contributed by atoms with Gasteiger partial charge in [-0.25, -0.2) is 0 Å². The van der Waals surface area contributed by atoms with Gasteiger partial charge in [0.15, 0.2) is 6.61 Å². The summed E-state index contributed by atoms with van der Waals surface area (Å²) in [4.78, 5) is 22.7. The van der Waals surface area contributed by atoms with Gasteiger partial charge in [0.25, 0.3) is 5.91 Å². The fraction of sp³-hybridized carbons (Fsp3) is 0.333. The monoisotopic (exact) mass is 312 g/mol. The number of amides is 2. The van der Waals surface area contributed by atoms with E-state index in [1.165, 1.54) is 0 Å². The van der Waals surface area contributed by atoms with Gasteiger partial charge in [0.05, 0.1) is 10.5 Å². The van der Waals surface area contributed by atoms with Crippen LogP contribution in [-0.2, 0) is 9.59 Å². The molecule has 0 aliphatic carbocycles. The molecule has 1 heterocycles. The summed E-state index contributed by atoms with van der Waals surface area (Å²) in [6, 6.07) is 5.14. The van der Waals surface area contributed by atoms with E-state index in [1.807, 2.05) is 6.92 Å². The topological polar surface area (TPSA) is 67.4 Å². The van der Waals surface area contributed by atoms with Crippen LogP contribution in [0.1, 0.15) is 13.3 Å². The normalized spacial score (nSPS) is 15.1. The lowest BCUT2D eigenvalue weighted by Gasteiger charge is -2.19. The smallest absolute Gasteiger partial charge is 0.262 e. The molecule has 0 spiro atoms. The summed E-state index contributed by atoms with van der Waals surface area (Å²) in [5, 5.41) is 5.45. The average Bonchev–Trinajstić information content (AvgIpc) is 2.37. The number of alkyl halides is 1. The minimum atomic E-state index is -0.223. The third-order valence-corrected chi connectivity index (χ3v) is 3.59. The van der Waals surface area contributed by atoms with Gasteiger partial charge in [-0.2, -0.15) is 0 Å². The third kappa shape index (κ3) is 2.81. The molecule has 5 nitrogen and oxygen atoms in total. The first-order chi connectivity index (χ1) is 8.60. The highest BCUT2D eigenvalue weighted by Crippen LogP contribution is 2.30. The highest BCUT2D eigenvalue weighted by atomic mass is 79.9. The van der Waals surface area contributed by atoms with Crippen LogP contribution in [0.5, 0.6) is 5.75 Å². The Labute approximate surface area is 113 Å². The van der Waals surface area contributed by atoms with Crippen LogP contribution in [0.3, 0.4) is 0 Å². The van der Waals surface area contributed by atoms with Crippen molar-refractivity contribution < 1.29 is 14.3 Å². The van der Waals surface area contributed by atoms with Gasteiger partial charge in [0.1, 0.15) is 5.75 Å². The molecule has 2 rings (SSSR count). The van der Waals surface area contributed by atoms with Crippen LogP contribution >= 0.6 is 15.9 Å². The Morgan fingerprint density at radius 3 is 3.11 bits per heavy atom. The molecule has 0 bridgehead atoms. The zero-order valence-corrected chi connectivity index (χ0v) is 11.4. The molecule has 0 aromatic heterocycles. The van der Waals surface area contributed by atoms with Gasteiger partial charge in [0, 0.05) is 5.69 Å². The number of fused-ring (bicyclic) bond motifs is 1. The Morgan fingerprint density at radius 1 is 1.61 bits per heavy atom. The van der Waals surface area contributed by atoms with Crippen molar-refractivity contribution in [2.24, 2.45) is 0 Å². The summed E-state index contributed by atoms with van der Waals surface area (Å²) in [5.41, 5.74) is 1.20. The van der Waals surface area contributed by atoms with E-state index in [2.05, 4.69) is 26.6 Å². The third-order valence-electron chi connectivity index (χ3n) is 2.52. The molecule has 2 N–H and O–H groups in total. The van der Waals surface area contributed by atoms with E-state index in [0.29, 0.717) is 23.5 Å².